The van der Waals surface area contributed by atoms with E-state index < -0.39 is 12.1 Å². The Morgan fingerprint density at radius 3 is 2.38 bits per heavy atom. The van der Waals surface area contributed by atoms with Gasteiger partial charge in [-0.2, -0.15) is 0 Å². The predicted octanol–water partition coefficient (Wildman–Crippen LogP) is 2.34. The molecule has 0 bridgehead atoms. The maximum absolute atomic E-state index is 12.1. The van der Waals surface area contributed by atoms with E-state index in [1.165, 1.54) is 28.1 Å². The number of ether oxygens (including phenoxy) is 3. The molecule has 2 rings (SSSR count). The molecule has 0 spiro atoms. The van der Waals surface area contributed by atoms with Crippen LogP contribution in [0.3, 0.4) is 0 Å². The van der Waals surface area contributed by atoms with Gasteiger partial charge in [-0.05, 0) is 19.9 Å². The molecule has 0 aromatic heterocycles. The minimum absolute atomic E-state index is 0.0503. The monoisotopic (exact) mass is 292 g/mol. The highest BCUT2D eigenvalue weighted by molar-refractivity contribution is 6.02. The van der Waals surface area contributed by atoms with Crippen molar-refractivity contribution in [3.8, 4) is 11.5 Å². The largest absolute Gasteiger partial charge is 0.512 e. The van der Waals surface area contributed by atoms with Gasteiger partial charge in [0.15, 0.2) is 23.4 Å². The minimum Gasteiger partial charge on any atom is -0.512 e. The molecule has 21 heavy (non-hydrogen) atoms. The number of benzene rings is 1. The zero-order valence-corrected chi connectivity index (χ0v) is 12.2. The van der Waals surface area contributed by atoms with Crippen LogP contribution in [0.5, 0.6) is 11.5 Å². The number of hydrogen-bond acceptors (Lipinski definition) is 6. The first-order chi connectivity index (χ1) is 9.92. The molecular weight excluding hydrogens is 276 g/mol. The fourth-order valence-electron chi connectivity index (χ4n) is 2.44. The number of methoxy groups -OCH3 is 2. The van der Waals surface area contributed by atoms with Crippen molar-refractivity contribution in [1.82, 2.24) is 0 Å². The summed E-state index contributed by atoms with van der Waals surface area (Å²) < 4.78 is 15.6. The third-order valence-electron chi connectivity index (χ3n) is 3.32. The van der Waals surface area contributed by atoms with Crippen LogP contribution in [0.15, 0.2) is 23.5 Å². The van der Waals surface area contributed by atoms with Gasteiger partial charge >= 0.3 is 5.97 Å². The standard InChI is InChI=1S/C15H16O6/c1-7(16)11(8(2)17)13-9-5-6-10(19-3)14(20-4)12(9)15(18)21-13/h5-6,13,16H,1-4H3/b11-7-/t13-/m1/s1. The Kier molecular flexibility index (Phi) is 3.88. The fraction of sp³-hybridized carbons (Fsp3) is 0.333. The van der Waals surface area contributed by atoms with E-state index >= 15 is 0 Å². The number of rotatable bonds is 4. The summed E-state index contributed by atoms with van der Waals surface area (Å²) in [5.41, 5.74) is 0.729. The van der Waals surface area contributed by atoms with E-state index in [1.54, 1.807) is 12.1 Å². The molecule has 0 aliphatic carbocycles. The lowest BCUT2D eigenvalue weighted by Gasteiger charge is -2.14. The van der Waals surface area contributed by atoms with Gasteiger partial charge in [-0.1, -0.05) is 6.07 Å². The van der Waals surface area contributed by atoms with Crippen LogP contribution in [-0.2, 0) is 9.53 Å². The lowest BCUT2D eigenvalue weighted by molar-refractivity contribution is -0.114. The number of carbonyl (C=O) groups excluding carboxylic acids is 2. The average molecular weight is 292 g/mol. The first-order valence-corrected chi connectivity index (χ1v) is 6.28. The summed E-state index contributed by atoms with van der Waals surface area (Å²) >= 11 is 0. The van der Waals surface area contributed by atoms with E-state index in [0.717, 1.165) is 0 Å². The van der Waals surface area contributed by atoms with Crippen LogP contribution in [0.1, 0.15) is 35.9 Å². The van der Waals surface area contributed by atoms with E-state index in [2.05, 4.69) is 0 Å². The first kappa shape index (κ1) is 14.9. The quantitative estimate of drug-likeness (QED) is 0.521. The van der Waals surface area contributed by atoms with E-state index in [-0.39, 0.29) is 28.4 Å². The highest BCUT2D eigenvalue weighted by atomic mass is 16.6. The van der Waals surface area contributed by atoms with Gasteiger partial charge in [-0.25, -0.2) is 4.79 Å². The van der Waals surface area contributed by atoms with E-state index in [0.29, 0.717) is 11.3 Å². The molecule has 6 heteroatoms. The number of hydrogen-bond donors (Lipinski definition) is 1. The van der Waals surface area contributed by atoms with Gasteiger partial charge in [0, 0.05) is 5.56 Å². The lowest BCUT2D eigenvalue weighted by atomic mass is 9.95. The number of ketones is 1. The molecule has 0 saturated heterocycles. The Balaban J connectivity index is 2.65. The smallest absolute Gasteiger partial charge is 0.343 e. The SMILES string of the molecule is COc1ccc2c(c1OC)C(=O)O[C@H]2/C(C(C)=O)=C(/C)O. The molecule has 6 nitrogen and oxygen atoms in total. The molecule has 0 fully saturated rings. The van der Waals surface area contributed by atoms with E-state index in [1.807, 2.05) is 0 Å². The second-order valence-corrected chi connectivity index (χ2v) is 4.61. The van der Waals surface area contributed by atoms with Crippen LogP contribution in [0.25, 0.3) is 0 Å². The molecule has 0 amide bonds. The van der Waals surface area contributed by atoms with Crippen molar-refractivity contribution in [2.75, 3.05) is 14.2 Å². The lowest BCUT2D eigenvalue weighted by Crippen LogP contribution is -2.11. The zero-order chi connectivity index (χ0) is 15.7. The van der Waals surface area contributed by atoms with Gasteiger partial charge in [0.05, 0.1) is 25.6 Å². The Morgan fingerprint density at radius 1 is 1.24 bits per heavy atom. The molecule has 0 radical (unpaired) electrons. The zero-order valence-electron chi connectivity index (χ0n) is 12.2. The third-order valence-corrected chi connectivity index (χ3v) is 3.32. The predicted molar refractivity (Wildman–Crippen MR) is 73.7 cm³/mol. The summed E-state index contributed by atoms with van der Waals surface area (Å²) in [5, 5.41) is 9.69. The molecule has 1 atom stereocenters. The molecule has 1 heterocycles. The van der Waals surface area contributed by atoms with Crippen LogP contribution in [0.4, 0.5) is 0 Å². The molecule has 0 saturated carbocycles. The number of allylic oxidation sites excluding steroid dienone is 1. The summed E-state index contributed by atoms with van der Waals surface area (Å²) in [4.78, 5) is 23.8. The summed E-state index contributed by atoms with van der Waals surface area (Å²) in [6, 6.07) is 3.25. The van der Waals surface area contributed by atoms with Gasteiger partial charge in [0.2, 0.25) is 0 Å². The van der Waals surface area contributed by atoms with Crippen molar-refractivity contribution in [3.63, 3.8) is 0 Å². The highest BCUT2D eigenvalue weighted by Crippen LogP contribution is 2.44. The van der Waals surface area contributed by atoms with Crippen LogP contribution in [0, 0.1) is 0 Å². The van der Waals surface area contributed by atoms with Crippen LogP contribution in [-0.4, -0.2) is 31.1 Å². The first-order valence-electron chi connectivity index (χ1n) is 6.28. The van der Waals surface area contributed by atoms with Gasteiger partial charge in [-0.15, -0.1) is 0 Å². The Morgan fingerprint density at radius 2 is 1.90 bits per heavy atom. The second kappa shape index (κ2) is 5.47. The number of esters is 1. The second-order valence-electron chi connectivity index (χ2n) is 4.61. The fourth-order valence-corrected chi connectivity index (χ4v) is 2.44. The summed E-state index contributed by atoms with van der Waals surface area (Å²) in [7, 11) is 2.87. The maximum atomic E-state index is 12.1. The van der Waals surface area contributed by atoms with Crippen LogP contribution in [0.2, 0.25) is 0 Å². The van der Waals surface area contributed by atoms with Crippen molar-refractivity contribution >= 4 is 11.8 Å². The Bertz CT molecular complexity index is 640. The molecular formula is C15H16O6. The van der Waals surface area contributed by atoms with Crippen molar-refractivity contribution in [2.45, 2.75) is 20.0 Å². The maximum Gasteiger partial charge on any atom is 0.343 e. The van der Waals surface area contributed by atoms with Gasteiger partial charge in [0.25, 0.3) is 0 Å². The van der Waals surface area contributed by atoms with E-state index in [9.17, 15) is 14.7 Å². The number of Topliss-reactive ketones (excluding diaryl/α,β-unsaturated/α-hetero) is 1. The molecule has 1 aliphatic heterocycles. The van der Waals surface area contributed by atoms with Crippen molar-refractivity contribution in [3.05, 3.63) is 34.6 Å². The van der Waals surface area contributed by atoms with Crippen molar-refractivity contribution in [1.29, 1.82) is 0 Å². The third kappa shape index (κ3) is 2.33. The van der Waals surface area contributed by atoms with Gasteiger partial charge in [-0.3, -0.25) is 4.79 Å². The molecule has 112 valence electrons. The number of aliphatic hydroxyl groups is 1. The normalized spacial score (nSPS) is 17.7. The number of aliphatic hydroxyl groups excluding tert-OH is 1. The molecule has 0 unspecified atom stereocenters. The number of fused-ring (bicyclic) bond motifs is 1. The van der Waals surface area contributed by atoms with Crippen LogP contribution >= 0.6 is 0 Å². The van der Waals surface area contributed by atoms with E-state index in [4.69, 9.17) is 14.2 Å². The molecule has 1 aromatic carbocycles. The van der Waals surface area contributed by atoms with Gasteiger partial charge in [0.1, 0.15) is 5.56 Å². The Hall–Kier alpha value is -2.50. The molecule has 1 aromatic rings. The average Bonchev–Trinajstić information content (AvgIpc) is 2.74. The number of cyclic esters (lactones) is 1. The minimum atomic E-state index is -0.935. The number of carbonyl (C=O) groups is 2. The van der Waals surface area contributed by atoms with Crippen molar-refractivity contribution < 1.29 is 28.9 Å². The molecule has 1 aliphatic rings. The Labute approximate surface area is 121 Å². The highest BCUT2D eigenvalue weighted by Gasteiger charge is 2.39. The van der Waals surface area contributed by atoms with Gasteiger partial charge < -0.3 is 19.3 Å². The molecule has 1 N–H and O–H groups in total. The van der Waals surface area contributed by atoms with Crippen LogP contribution < -0.4 is 9.47 Å². The topological polar surface area (TPSA) is 82.1 Å². The summed E-state index contributed by atoms with van der Waals surface area (Å²) in [5.74, 6) is -0.520. The van der Waals surface area contributed by atoms with Crippen molar-refractivity contribution in [2.24, 2.45) is 0 Å². The summed E-state index contributed by atoms with van der Waals surface area (Å²) in [6.45, 7) is 2.69. The summed E-state index contributed by atoms with van der Waals surface area (Å²) in [6.07, 6.45) is -0.935.